The maximum Gasteiger partial charge on any atom is 0.203 e. The van der Waals surface area contributed by atoms with Gasteiger partial charge in [-0.05, 0) is 71.0 Å². The second-order valence-electron chi connectivity index (χ2n) is 6.45. The Morgan fingerprint density at radius 2 is 1.48 bits per heavy atom. The zero-order chi connectivity index (χ0) is 21.5. The van der Waals surface area contributed by atoms with Gasteiger partial charge >= 0.3 is 0 Å². The quantitative estimate of drug-likeness (QED) is 0.146. The van der Waals surface area contributed by atoms with Gasteiger partial charge in [0.2, 0.25) is 5.75 Å². The van der Waals surface area contributed by atoms with E-state index in [4.69, 9.17) is 23.8 Å². The van der Waals surface area contributed by atoms with Crippen LogP contribution in [0.15, 0.2) is 26.8 Å². The SMILES string of the molecule is COc1cc(OCC=C(Br)Br)cc(OC)c1OCCCCCCCON=C(C)C. The van der Waals surface area contributed by atoms with E-state index >= 15 is 0 Å². The molecule has 0 N–H and O–H groups in total. The summed E-state index contributed by atoms with van der Waals surface area (Å²) in [4.78, 5) is 5.19. The Hall–Kier alpha value is -1.41. The van der Waals surface area contributed by atoms with Crippen molar-refractivity contribution in [3.63, 3.8) is 0 Å². The molecule has 0 saturated carbocycles. The molecule has 6 nitrogen and oxygen atoms in total. The lowest BCUT2D eigenvalue weighted by atomic mass is 10.1. The van der Waals surface area contributed by atoms with E-state index in [-0.39, 0.29) is 0 Å². The standard InChI is InChI=1S/C21H31Br2NO5/c1-16(2)24-29-12-9-7-5-6-8-11-28-21-18(25-3)14-17(15-19(21)26-4)27-13-10-20(22)23/h10,14-15H,5-9,11-13H2,1-4H3. The van der Waals surface area contributed by atoms with Crippen molar-refractivity contribution in [2.24, 2.45) is 5.16 Å². The zero-order valence-electron chi connectivity index (χ0n) is 17.6. The van der Waals surface area contributed by atoms with Gasteiger partial charge in [0.15, 0.2) is 11.5 Å². The van der Waals surface area contributed by atoms with Gasteiger partial charge in [-0.2, -0.15) is 0 Å². The Kier molecular flexibility index (Phi) is 13.6. The van der Waals surface area contributed by atoms with Crippen LogP contribution in [0.1, 0.15) is 46.0 Å². The van der Waals surface area contributed by atoms with Crippen LogP contribution >= 0.6 is 31.9 Å². The molecule has 1 rings (SSSR count). The minimum absolute atomic E-state index is 0.411. The van der Waals surface area contributed by atoms with Gasteiger partial charge in [0, 0.05) is 12.1 Å². The molecule has 0 aromatic heterocycles. The third-order valence-electron chi connectivity index (χ3n) is 3.80. The van der Waals surface area contributed by atoms with Crippen molar-refractivity contribution in [2.75, 3.05) is 34.0 Å². The molecule has 0 unspecified atom stereocenters. The fourth-order valence-electron chi connectivity index (χ4n) is 2.43. The van der Waals surface area contributed by atoms with Crippen LogP contribution in [0.25, 0.3) is 0 Å². The maximum absolute atomic E-state index is 5.94. The summed E-state index contributed by atoms with van der Waals surface area (Å²) >= 11 is 6.60. The van der Waals surface area contributed by atoms with Crippen LogP contribution in [0.3, 0.4) is 0 Å². The predicted octanol–water partition coefficient (Wildman–Crippen LogP) is 6.46. The smallest absolute Gasteiger partial charge is 0.203 e. The molecule has 0 fully saturated rings. The van der Waals surface area contributed by atoms with E-state index in [2.05, 4.69) is 37.0 Å². The lowest BCUT2D eigenvalue weighted by molar-refractivity contribution is 0.139. The second-order valence-corrected chi connectivity index (χ2v) is 9.22. The van der Waals surface area contributed by atoms with Crippen LogP contribution in [0.4, 0.5) is 0 Å². The largest absolute Gasteiger partial charge is 0.493 e. The molecular formula is C21H31Br2NO5. The molecule has 0 radical (unpaired) electrons. The van der Waals surface area contributed by atoms with E-state index in [1.807, 2.05) is 19.9 Å². The Balaban J connectivity index is 2.42. The average molecular weight is 537 g/mol. The van der Waals surface area contributed by atoms with Crippen molar-refractivity contribution in [3.05, 3.63) is 21.6 Å². The van der Waals surface area contributed by atoms with E-state index in [9.17, 15) is 0 Å². The molecule has 1 aromatic rings. The number of halogens is 2. The fourth-order valence-corrected chi connectivity index (χ4v) is 2.69. The number of methoxy groups -OCH3 is 2. The Morgan fingerprint density at radius 1 is 0.897 bits per heavy atom. The van der Waals surface area contributed by atoms with E-state index in [1.54, 1.807) is 26.4 Å². The van der Waals surface area contributed by atoms with Gasteiger partial charge in [-0.3, -0.25) is 0 Å². The van der Waals surface area contributed by atoms with E-state index in [0.717, 1.165) is 41.2 Å². The second kappa shape index (κ2) is 15.4. The molecule has 8 heteroatoms. The van der Waals surface area contributed by atoms with Gasteiger partial charge in [-0.15, -0.1) is 0 Å². The molecule has 0 amide bonds. The number of ether oxygens (including phenoxy) is 4. The van der Waals surface area contributed by atoms with Crippen molar-refractivity contribution >= 4 is 37.6 Å². The van der Waals surface area contributed by atoms with Crippen molar-refractivity contribution in [3.8, 4) is 23.0 Å². The Labute approximate surface area is 190 Å². The first kappa shape index (κ1) is 25.6. The summed E-state index contributed by atoms with van der Waals surface area (Å²) in [6, 6.07) is 3.60. The monoisotopic (exact) mass is 535 g/mol. The van der Waals surface area contributed by atoms with E-state index in [0.29, 0.717) is 42.8 Å². The molecular weight excluding hydrogens is 506 g/mol. The summed E-state index contributed by atoms with van der Waals surface area (Å²) in [5.74, 6) is 2.42. The number of hydrogen-bond acceptors (Lipinski definition) is 6. The number of hydrogen-bond donors (Lipinski definition) is 0. The normalized spacial score (nSPS) is 10.1. The summed E-state index contributed by atoms with van der Waals surface area (Å²) in [5, 5.41) is 3.93. The van der Waals surface area contributed by atoms with Gasteiger partial charge in [-0.25, -0.2) is 0 Å². The molecule has 0 spiro atoms. The fraction of sp³-hybridized carbons (Fsp3) is 0.571. The van der Waals surface area contributed by atoms with E-state index in [1.165, 1.54) is 0 Å². The third kappa shape index (κ3) is 11.4. The van der Waals surface area contributed by atoms with Crippen LogP contribution in [-0.4, -0.2) is 39.8 Å². The first-order valence-electron chi connectivity index (χ1n) is 9.63. The molecule has 1 aromatic carbocycles. The lowest BCUT2D eigenvalue weighted by Crippen LogP contribution is -2.03. The molecule has 0 bridgehead atoms. The first-order chi connectivity index (χ1) is 14.0. The minimum Gasteiger partial charge on any atom is -0.493 e. The molecule has 0 heterocycles. The van der Waals surface area contributed by atoms with Crippen LogP contribution in [0.2, 0.25) is 0 Å². The molecule has 164 valence electrons. The summed E-state index contributed by atoms with van der Waals surface area (Å²) in [5.41, 5.74) is 0.941. The van der Waals surface area contributed by atoms with Crippen molar-refractivity contribution in [2.45, 2.75) is 46.0 Å². The number of unbranched alkanes of at least 4 members (excludes halogenated alkanes) is 4. The zero-order valence-corrected chi connectivity index (χ0v) is 20.8. The van der Waals surface area contributed by atoms with Gasteiger partial charge in [-0.1, -0.05) is 18.0 Å². The van der Waals surface area contributed by atoms with E-state index < -0.39 is 0 Å². The number of nitrogens with zero attached hydrogens (tertiary/aromatic N) is 1. The highest BCUT2D eigenvalue weighted by Crippen LogP contribution is 2.41. The van der Waals surface area contributed by atoms with Crippen LogP contribution in [-0.2, 0) is 4.84 Å². The van der Waals surface area contributed by atoms with Crippen LogP contribution in [0, 0.1) is 0 Å². The topological polar surface area (TPSA) is 58.5 Å². The summed E-state index contributed by atoms with van der Waals surface area (Å²) in [6.45, 7) is 5.53. The van der Waals surface area contributed by atoms with Crippen LogP contribution < -0.4 is 18.9 Å². The van der Waals surface area contributed by atoms with Gasteiger partial charge in [0.25, 0.3) is 0 Å². The molecule has 0 aliphatic carbocycles. The van der Waals surface area contributed by atoms with Gasteiger partial charge in [0.1, 0.15) is 19.0 Å². The molecule has 29 heavy (non-hydrogen) atoms. The average Bonchev–Trinajstić information content (AvgIpc) is 2.68. The summed E-state index contributed by atoms with van der Waals surface area (Å²) < 4.78 is 23.4. The summed E-state index contributed by atoms with van der Waals surface area (Å²) in [7, 11) is 3.21. The first-order valence-corrected chi connectivity index (χ1v) is 11.2. The van der Waals surface area contributed by atoms with Gasteiger partial charge < -0.3 is 23.8 Å². The number of benzene rings is 1. The molecule has 0 aliphatic rings. The maximum atomic E-state index is 5.94. The van der Waals surface area contributed by atoms with Crippen molar-refractivity contribution in [1.29, 1.82) is 0 Å². The van der Waals surface area contributed by atoms with Crippen LogP contribution in [0.5, 0.6) is 23.0 Å². The highest BCUT2D eigenvalue weighted by Gasteiger charge is 2.15. The number of oxime groups is 1. The van der Waals surface area contributed by atoms with Crippen molar-refractivity contribution in [1.82, 2.24) is 0 Å². The predicted molar refractivity (Wildman–Crippen MR) is 124 cm³/mol. The highest BCUT2D eigenvalue weighted by atomic mass is 79.9. The third-order valence-corrected chi connectivity index (χ3v) is 4.44. The summed E-state index contributed by atoms with van der Waals surface area (Å²) in [6.07, 6.45) is 7.18. The number of rotatable bonds is 15. The Bertz CT molecular complexity index is 631. The minimum atomic E-state index is 0.411. The Morgan fingerprint density at radius 3 is 2.03 bits per heavy atom. The molecule has 0 saturated heterocycles. The molecule has 0 aliphatic heterocycles. The van der Waals surface area contributed by atoms with Crippen molar-refractivity contribution < 1.29 is 23.8 Å². The van der Waals surface area contributed by atoms with Gasteiger partial charge in [0.05, 0.1) is 29.9 Å². The highest BCUT2D eigenvalue weighted by molar-refractivity contribution is 9.28. The molecule has 0 atom stereocenters. The lowest BCUT2D eigenvalue weighted by Gasteiger charge is -2.16.